The van der Waals surface area contributed by atoms with Crippen LogP contribution in [0, 0.1) is 0 Å². The van der Waals surface area contributed by atoms with E-state index in [0.717, 1.165) is 5.56 Å². The number of methoxy groups -OCH3 is 1. The largest absolute Gasteiger partial charge is 0.453 e. The summed E-state index contributed by atoms with van der Waals surface area (Å²) >= 11 is 2.64. The van der Waals surface area contributed by atoms with Crippen LogP contribution < -0.4 is 16.4 Å². The van der Waals surface area contributed by atoms with Crippen LogP contribution in [0.1, 0.15) is 30.4 Å². The molecule has 0 aliphatic rings. The molecule has 0 unspecified atom stereocenters. The number of anilines is 2. The van der Waals surface area contributed by atoms with Gasteiger partial charge in [-0.05, 0) is 39.2 Å². The van der Waals surface area contributed by atoms with Gasteiger partial charge in [-0.2, -0.15) is 0 Å². The third-order valence-corrected chi connectivity index (χ3v) is 5.66. The number of carbonyl (C=O) groups excluding carboxylic acids is 2. The van der Waals surface area contributed by atoms with Crippen LogP contribution in [-0.2, 0) is 4.74 Å². The summed E-state index contributed by atoms with van der Waals surface area (Å²) < 4.78 is 4.65. The summed E-state index contributed by atoms with van der Waals surface area (Å²) in [4.78, 5) is 34.5. The van der Waals surface area contributed by atoms with E-state index in [1.807, 2.05) is 33.1 Å². The number of ether oxygens (including phenoxy) is 1. The molecule has 0 atom stereocenters. The molecule has 0 spiro atoms. The Labute approximate surface area is 182 Å². The van der Waals surface area contributed by atoms with Gasteiger partial charge in [0.1, 0.15) is 9.71 Å². The summed E-state index contributed by atoms with van der Waals surface area (Å²) in [6.45, 7) is 5.72. The molecule has 0 aliphatic carbocycles. The number of nitrogens with two attached hydrogens (primary N) is 1. The number of thioether (sulfide) groups is 1. The van der Waals surface area contributed by atoms with Crippen molar-refractivity contribution in [2.45, 2.75) is 31.5 Å². The van der Waals surface area contributed by atoms with E-state index in [-0.39, 0.29) is 5.91 Å². The number of thiophene rings is 1. The lowest BCUT2D eigenvalue weighted by atomic mass is 10.1. The summed E-state index contributed by atoms with van der Waals surface area (Å²) in [6, 6.07) is 7.17. The Morgan fingerprint density at radius 3 is 2.60 bits per heavy atom. The van der Waals surface area contributed by atoms with Crippen molar-refractivity contribution in [1.82, 2.24) is 15.3 Å². The molecule has 30 heavy (non-hydrogen) atoms. The van der Waals surface area contributed by atoms with E-state index in [2.05, 4.69) is 25.3 Å². The van der Waals surface area contributed by atoms with E-state index in [9.17, 15) is 9.59 Å². The van der Waals surface area contributed by atoms with Crippen LogP contribution in [0.15, 0.2) is 29.4 Å². The maximum atomic E-state index is 12.8. The Balaban J connectivity index is 2.16. The lowest BCUT2D eigenvalue weighted by molar-refractivity contribution is 0.0924. The van der Waals surface area contributed by atoms with Gasteiger partial charge >= 0.3 is 6.09 Å². The van der Waals surface area contributed by atoms with Crippen LogP contribution in [0.5, 0.6) is 0 Å². The van der Waals surface area contributed by atoms with Gasteiger partial charge < -0.3 is 15.8 Å². The summed E-state index contributed by atoms with van der Waals surface area (Å²) in [5.41, 5.74) is 8.23. The van der Waals surface area contributed by atoms with E-state index < -0.39 is 11.6 Å². The average molecular weight is 446 g/mol. The van der Waals surface area contributed by atoms with Crippen LogP contribution in [0.4, 0.5) is 16.2 Å². The zero-order valence-electron chi connectivity index (χ0n) is 17.3. The monoisotopic (exact) mass is 445 g/mol. The lowest BCUT2D eigenvalue weighted by Crippen LogP contribution is -2.40. The fraction of sp³-hybridized carbons (Fsp3) is 0.300. The second kappa shape index (κ2) is 8.49. The molecule has 10 heteroatoms. The second-order valence-corrected chi connectivity index (χ2v) is 9.26. The first-order valence-corrected chi connectivity index (χ1v) is 11.1. The lowest BCUT2D eigenvalue weighted by Gasteiger charge is -2.20. The first-order chi connectivity index (χ1) is 14.1. The molecule has 1 aromatic carbocycles. The summed E-state index contributed by atoms with van der Waals surface area (Å²) in [7, 11) is 1.30. The zero-order valence-corrected chi connectivity index (χ0v) is 19.0. The van der Waals surface area contributed by atoms with Crippen LogP contribution in [0.25, 0.3) is 21.5 Å². The third kappa shape index (κ3) is 4.65. The van der Waals surface area contributed by atoms with Crippen molar-refractivity contribution in [1.29, 1.82) is 0 Å². The highest BCUT2D eigenvalue weighted by atomic mass is 32.2. The fourth-order valence-electron chi connectivity index (χ4n) is 2.78. The minimum Gasteiger partial charge on any atom is -0.453 e. The van der Waals surface area contributed by atoms with Crippen LogP contribution in [-0.4, -0.2) is 40.9 Å². The molecule has 3 rings (SSSR count). The maximum absolute atomic E-state index is 12.8. The quantitative estimate of drug-likeness (QED) is 0.403. The number of hydrogen-bond acceptors (Lipinski definition) is 8. The fourth-order valence-corrected chi connectivity index (χ4v) is 4.19. The SMILES string of the molecule is COC(=O)Nc1cccc(-c2nc(SC)nc3sc(C(=O)NC(C)(C)C)c(N)c23)c1. The van der Waals surface area contributed by atoms with Gasteiger partial charge in [0.25, 0.3) is 5.91 Å². The van der Waals surface area contributed by atoms with E-state index in [0.29, 0.717) is 37.3 Å². The highest BCUT2D eigenvalue weighted by Gasteiger charge is 2.24. The number of carbonyl (C=O) groups is 2. The number of fused-ring (bicyclic) bond motifs is 1. The molecule has 0 fully saturated rings. The summed E-state index contributed by atoms with van der Waals surface area (Å²) in [6.07, 6.45) is 1.31. The normalized spacial score (nSPS) is 11.4. The van der Waals surface area contributed by atoms with Crippen molar-refractivity contribution in [2.75, 3.05) is 24.4 Å². The first-order valence-electron chi connectivity index (χ1n) is 9.05. The average Bonchev–Trinajstić information content (AvgIpc) is 3.02. The number of aromatic nitrogens is 2. The Morgan fingerprint density at radius 1 is 1.23 bits per heavy atom. The molecular weight excluding hydrogens is 422 g/mol. The van der Waals surface area contributed by atoms with Crippen molar-refractivity contribution in [3.05, 3.63) is 29.1 Å². The number of hydrogen-bond donors (Lipinski definition) is 3. The van der Waals surface area contributed by atoms with Gasteiger partial charge in [-0.3, -0.25) is 10.1 Å². The Hall–Kier alpha value is -2.85. The van der Waals surface area contributed by atoms with Crippen molar-refractivity contribution in [3.63, 3.8) is 0 Å². The smallest absolute Gasteiger partial charge is 0.411 e. The molecule has 4 N–H and O–H groups in total. The Morgan fingerprint density at radius 2 is 1.97 bits per heavy atom. The second-order valence-electron chi connectivity index (χ2n) is 7.49. The third-order valence-electron chi connectivity index (χ3n) is 4.01. The molecule has 3 aromatic rings. The topological polar surface area (TPSA) is 119 Å². The molecule has 0 bridgehead atoms. The van der Waals surface area contributed by atoms with Gasteiger partial charge in [-0.15, -0.1) is 11.3 Å². The zero-order chi connectivity index (χ0) is 22.1. The highest BCUT2D eigenvalue weighted by molar-refractivity contribution is 7.98. The molecule has 158 valence electrons. The molecule has 2 heterocycles. The standard InChI is InChI=1S/C20H23N5O3S2/c1-20(2,3)25-16(26)15-13(21)12-14(23-18(29-5)24-17(12)30-15)10-7-6-8-11(9-10)22-19(27)28-4/h6-9H,21H2,1-5H3,(H,22,27)(H,25,26). The molecule has 2 amide bonds. The van der Waals surface area contributed by atoms with Gasteiger partial charge in [0.2, 0.25) is 0 Å². The van der Waals surface area contributed by atoms with Gasteiger partial charge in [0, 0.05) is 16.8 Å². The summed E-state index contributed by atoms with van der Waals surface area (Å²) in [5, 5.41) is 6.76. The molecule has 8 nitrogen and oxygen atoms in total. The molecule has 0 saturated heterocycles. The summed E-state index contributed by atoms with van der Waals surface area (Å²) in [5.74, 6) is -0.249. The number of benzene rings is 1. The minimum absolute atomic E-state index is 0.249. The number of nitrogen functional groups attached to an aromatic ring is 1. The van der Waals surface area contributed by atoms with E-state index >= 15 is 0 Å². The van der Waals surface area contributed by atoms with Gasteiger partial charge in [0.05, 0.1) is 23.9 Å². The van der Waals surface area contributed by atoms with Crippen molar-refractivity contribution < 1.29 is 14.3 Å². The predicted molar refractivity (Wildman–Crippen MR) is 122 cm³/mol. The van der Waals surface area contributed by atoms with Gasteiger partial charge in [-0.25, -0.2) is 14.8 Å². The van der Waals surface area contributed by atoms with Crippen molar-refractivity contribution in [2.24, 2.45) is 0 Å². The van der Waals surface area contributed by atoms with Crippen LogP contribution in [0.2, 0.25) is 0 Å². The van der Waals surface area contributed by atoms with E-state index in [1.54, 1.807) is 18.2 Å². The number of rotatable bonds is 4. The van der Waals surface area contributed by atoms with E-state index in [4.69, 9.17) is 5.73 Å². The number of amides is 2. The molecular formula is C20H23N5O3S2. The minimum atomic E-state index is -0.569. The number of nitrogens with zero attached hydrogens (tertiary/aromatic N) is 2. The highest BCUT2D eigenvalue weighted by Crippen LogP contribution is 2.39. The first kappa shape index (κ1) is 21.8. The predicted octanol–water partition coefficient (Wildman–Crippen LogP) is 4.37. The van der Waals surface area contributed by atoms with Crippen LogP contribution in [0.3, 0.4) is 0 Å². The maximum Gasteiger partial charge on any atom is 0.411 e. The molecule has 0 aliphatic heterocycles. The van der Waals surface area contributed by atoms with Gasteiger partial charge in [-0.1, -0.05) is 23.9 Å². The van der Waals surface area contributed by atoms with Crippen LogP contribution >= 0.6 is 23.1 Å². The van der Waals surface area contributed by atoms with Crippen molar-refractivity contribution in [3.8, 4) is 11.3 Å². The number of nitrogens with one attached hydrogen (secondary N) is 2. The Bertz CT molecular complexity index is 1120. The molecule has 2 aromatic heterocycles. The molecule has 0 saturated carbocycles. The van der Waals surface area contributed by atoms with Crippen molar-refractivity contribution >= 4 is 56.7 Å². The Kier molecular flexibility index (Phi) is 6.18. The van der Waals surface area contributed by atoms with E-state index in [1.165, 1.54) is 30.2 Å². The molecule has 0 radical (unpaired) electrons. The van der Waals surface area contributed by atoms with Gasteiger partial charge in [0.15, 0.2) is 5.16 Å².